The van der Waals surface area contributed by atoms with Crippen LogP contribution in [0.15, 0.2) is 133 Å². The summed E-state index contributed by atoms with van der Waals surface area (Å²) >= 11 is 0. The number of ether oxygens (including phenoxy) is 2. The van der Waals surface area contributed by atoms with E-state index < -0.39 is 11.9 Å². The molecule has 0 heterocycles. The van der Waals surface area contributed by atoms with E-state index in [1.165, 1.54) is 6.07 Å². The third kappa shape index (κ3) is 8.00. The maximum atomic E-state index is 13.5. The predicted molar refractivity (Wildman–Crippen MR) is 182 cm³/mol. The summed E-state index contributed by atoms with van der Waals surface area (Å²) < 4.78 is 12.3. The molecule has 0 atom stereocenters. The average Bonchev–Trinajstić information content (AvgIpc) is 3.12. The number of hydrogen-bond acceptors (Lipinski definition) is 7. The Morgan fingerprint density at radius 1 is 0.562 bits per heavy atom. The van der Waals surface area contributed by atoms with Crippen molar-refractivity contribution in [3.63, 3.8) is 0 Å². The molecule has 0 bridgehead atoms. The number of benzene rings is 6. The molecule has 0 spiro atoms. The van der Waals surface area contributed by atoms with Gasteiger partial charge < -0.3 is 19.4 Å². The molecule has 0 unspecified atom stereocenters. The molecule has 0 aromatic heterocycles. The largest absolute Gasteiger partial charge is 0.478 e. The van der Waals surface area contributed by atoms with Crippen LogP contribution in [0.25, 0.3) is 10.8 Å². The first kappa shape index (κ1) is 33.3. The predicted octanol–water partition coefficient (Wildman–Crippen LogP) is 8.54. The monoisotopic (exact) mass is 640 g/mol. The van der Waals surface area contributed by atoms with Crippen LogP contribution < -0.4 is 9.47 Å². The van der Waals surface area contributed by atoms with E-state index in [0.29, 0.717) is 40.7 Å². The molecule has 0 fully saturated rings. The first-order valence-electron chi connectivity index (χ1n) is 15.0. The van der Waals surface area contributed by atoms with Crippen molar-refractivity contribution < 1.29 is 39.1 Å². The average molecular weight is 641 g/mol. The molecule has 0 amide bonds. The van der Waals surface area contributed by atoms with Crippen molar-refractivity contribution in [1.82, 2.24) is 0 Å². The van der Waals surface area contributed by atoms with Crippen molar-refractivity contribution in [3.8, 4) is 17.2 Å². The number of aromatic carboxylic acids is 1. The molecule has 8 heteroatoms. The van der Waals surface area contributed by atoms with Crippen molar-refractivity contribution in [2.45, 2.75) is 19.4 Å². The maximum Gasteiger partial charge on any atom is 0.344 e. The van der Waals surface area contributed by atoms with Crippen LogP contribution in [0.4, 0.5) is 0 Å². The second-order valence-corrected chi connectivity index (χ2v) is 10.8. The normalized spacial score (nSPS) is 10.5. The molecular weight excluding hydrogens is 608 g/mol. The summed E-state index contributed by atoms with van der Waals surface area (Å²) in [6, 6.07) is 40.9. The van der Waals surface area contributed by atoms with E-state index in [-0.39, 0.29) is 23.5 Å². The van der Waals surface area contributed by atoms with Gasteiger partial charge in [-0.2, -0.15) is 0 Å². The molecule has 0 aliphatic heterocycles. The van der Waals surface area contributed by atoms with Crippen LogP contribution in [0.1, 0.15) is 48.5 Å². The van der Waals surface area contributed by atoms with E-state index in [2.05, 4.69) is 17.0 Å². The standard InChI is InChI=1S/C39H30O7.CH2O/c40-38(41)33-18-16-28(21-26-9-3-1-4-10-26)23-34(33)39(42)46-36-20-19-35(31-13-7-8-14-32(31)36)45-37-24-29(15-17-30(37)25-44-43)22-27-11-5-2-6-12-27;1-2/h1-20,23-24,43H,21-22,25H2,(H,40,41);1H2. The minimum absolute atomic E-state index is 0.0331. The minimum Gasteiger partial charge on any atom is -0.478 e. The highest BCUT2D eigenvalue weighted by Gasteiger charge is 2.21. The molecule has 6 aromatic rings. The zero-order valence-electron chi connectivity index (χ0n) is 25.9. The number of carboxylic acid groups (broad SMARTS) is 1. The molecule has 0 saturated heterocycles. The van der Waals surface area contributed by atoms with Crippen molar-refractivity contribution in [2.75, 3.05) is 0 Å². The van der Waals surface area contributed by atoms with Gasteiger partial charge in [0.05, 0.1) is 11.1 Å². The van der Waals surface area contributed by atoms with Gasteiger partial charge in [-0.15, -0.1) is 0 Å². The summed E-state index contributed by atoms with van der Waals surface area (Å²) in [5.41, 5.74) is 4.46. The van der Waals surface area contributed by atoms with Crippen LogP contribution >= 0.6 is 0 Å². The Kier molecular flexibility index (Phi) is 11.1. The minimum atomic E-state index is -1.22. The number of carbonyl (C=O) groups excluding carboxylic acids is 2. The van der Waals surface area contributed by atoms with E-state index in [9.17, 15) is 20.0 Å². The Hall–Kier alpha value is -6.09. The van der Waals surface area contributed by atoms with E-state index >= 15 is 0 Å². The van der Waals surface area contributed by atoms with Gasteiger partial charge in [-0.25, -0.2) is 14.5 Å². The van der Waals surface area contributed by atoms with Crippen molar-refractivity contribution >= 4 is 29.5 Å². The molecule has 0 aliphatic rings. The number of esters is 1. The lowest BCUT2D eigenvalue weighted by Crippen LogP contribution is -2.15. The van der Waals surface area contributed by atoms with Gasteiger partial charge in [0, 0.05) is 16.3 Å². The Morgan fingerprint density at radius 2 is 1.10 bits per heavy atom. The summed E-state index contributed by atoms with van der Waals surface area (Å²) in [5, 5.41) is 20.3. The molecule has 48 heavy (non-hydrogen) atoms. The summed E-state index contributed by atoms with van der Waals surface area (Å²) in [6.07, 6.45) is 1.23. The van der Waals surface area contributed by atoms with Crippen LogP contribution in [0.3, 0.4) is 0 Å². The second-order valence-electron chi connectivity index (χ2n) is 10.8. The van der Waals surface area contributed by atoms with E-state index in [0.717, 1.165) is 22.3 Å². The molecule has 240 valence electrons. The summed E-state index contributed by atoms with van der Waals surface area (Å²) in [4.78, 5) is 38.0. The van der Waals surface area contributed by atoms with Crippen LogP contribution in [0.2, 0.25) is 0 Å². The quantitative estimate of drug-likeness (QED) is 0.0626. The summed E-state index contributed by atoms with van der Waals surface area (Å²) in [6.45, 7) is 1.93. The molecule has 0 aliphatic carbocycles. The third-order valence-corrected chi connectivity index (χ3v) is 7.65. The Labute approximate surface area is 277 Å². The molecule has 6 rings (SSSR count). The number of rotatable bonds is 11. The van der Waals surface area contributed by atoms with Gasteiger partial charge >= 0.3 is 11.9 Å². The zero-order chi connectivity index (χ0) is 33.9. The second kappa shape index (κ2) is 16.0. The number of fused-ring (bicyclic) bond motifs is 1. The van der Waals surface area contributed by atoms with Crippen LogP contribution in [-0.2, 0) is 29.1 Å². The van der Waals surface area contributed by atoms with Crippen molar-refractivity contribution in [1.29, 1.82) is 0 Å². The van der Waals surface area contributed by atoms with E-state index in [1.807, 2.05) is 91.7 Å². The number of hydrogen-bond donors (Lipinski definition) is 2. The van der Waals surface area contributed by atoms with Crippen molar-refractivity contribution in [3.05, 3.63) is 172 Å². The fourth-order valence-electron chi connectivity index (χ4n) is 5.41. The van der Waals surface area contributed by atoms with Crippen LogP contribution in [0.5, 0.6) is 17.2 Å². The van der Waals surface area contributed by atoms with Crippen molar-refractivity contribution in [2.24, 2.45) is 0 Å². The van der Waals surface area contributed by atoms with Gasteiger partial charge in [0.15, 0.2) is 0 Å². The molecule has 0 radical (unpaired) electrons. The van der Waals surface area contributed by atoms with Gasteiger partial charge in [0.1, 0.15) is 30.6 Å². The maximum absolute atomic E-state index is 13.5. The molecule has 2 N–H and O–H groups in total. The fourth-order valence-corrected chi connectivity index (χ4v) is 5.41. The van der Waals surface area contributed by atoms with E-state index in [4.69, 9.17) is 14.3 Å². The van der Waals surface area contributed by atoms with Gasteiger partial charge in [-0.1, -0.05) is 103 Å². The molecular formula is C40H32O8. The van der Waals surface area contributed by atoms with Crippen LogP contribution in [-0.4, -0.2) is 29.1 Å². The molecule has 6 aromatic carbocycles. The van der Waals surface area contributed by atoms with Gasteiger partial charge in [-0.05, 0) is 65.4 Å². The highest BCUT2D eigenvalue weighted by molar-refractivity contribution is 6.04. The molecule has 0 saturated carbocycles. The Morgan fingerprint density at radius 3 is 1.71 bits per heavy atom. The highest BCUT2D eigenvalue weighted by Crippen LogP contribution is 2.37. The first-order chi connectivity index (χ1) is 23.5. The summed E-state index contributed by atoms with van der Waals surface area (Å²) in [5.74, 6) is -0.721. The first-order valence-corrected chi connectivity index (χ1v) is 15.0. The lowest BCUT2D eigenvalue weighted by molar-refractivity contribution is -0.253. The Bertz CT molecular complexity index is 2020. The number of carbonyl (C=O) groups is 3. The Balaban J connectivity index is 0.00000221. The van der Waals surface area contributed by atoms with Crippen LogP contribution in [0, 0.1) is 0 Å². The SMILES string of the molecule is C=O.O=C(O)c1ccc(Cc2ccccc2)cc1C(=O)Oc1ccc(Oc2cc(Cc3ccccc3)ccc2COO)c2ccccc12. The molecule has 8 nitrogen and oxygen atoms in total. The summed E-state index contributed by atoms with van der Waals surface area (Å²) in [7, 11) is 0. The van der Waals surface area contributed by atoms with Gasteiger partial charge in [0.25, 0.3) is 0 Å². The smallest absolute Gasteiger partial charge is 0.344 e. The topological polar surface area (TPSA) is 119 Å². The van der Waals surface area contributed by atoms with Gasteiger partial charge in [0.2, 0.25) is 0 Å². The highest BCUT2D eigenvalue weighted by atomic mass is 17.1. The zero-order valence-corrected chi connectivity index (χ0v) is 25.9. The lowest BCUT2D eigenvalue weighted by atomic mass is 9.99. The lowest BCUT2D eigenvalue weighted by Gasteiger charge is -2.16. The fraction of sp³-hybridized carbons (Fsp3) is 0.0750. The third-order valence-electron chi connectivity index (χ3n) is 7.65. The van der Waals surface area contributed by atoms with Gasteiger partial charge in [-0.3, -0.25) is 5.26 Å². The van der Waals surface area contributed by atoms with E-state index in [1.54, 1.807) is 30.3 Å². The number of carboxylic acids is 1.